The highest BCUT2D eigenvalue weighted by molar-refractivity contribution is 6.03. The lowest BCUT2D eigenvalue weighted by Gasteiger charge is -2.22. The van der Waals surface area contributed by atoms with Crippen LogP contribution >= 0.6 is 0 Å². The number of carbonyl (C=O) groups is 2. The second-order valence-electron chi connectivity index (χ2n) is 4.50. The summed E-state index contributed by atoms with van der Waals surface area (Å²) >= 11 is 0. The lowest BCUT2D eigenvalue weighted by atomic mass is 9.98. The normalized spacial score (nSPS) is 15.2. The van der Waals surface area contributed by atoms with Gasteiger partial charge in [-0.3, -0.25) is 9.59 Å². The number of hydrogen-bond acceptors (Lipinski definition) is 4. The van der Waals surface area contributed by atoms with E-state index in [9.17, 15) is 9.59 Å². The van der Waals surface area contributed by atoms with Gasteiger partial charge in [-0.25, -0.2) is 0 Å². The summed E-state index contributed by atoms with van der Waals surface area (Å²) in [5.41, 5.74) is 10.7. The van der Waals surface area contributed by atoms with Crippen molar-refractivity contribution >= 4 is 17.6 Å². The third kappa shape index (κ3) is 4.60. The Labute approximate surface area is 107 Å². The van der Waals surface area contributed by atoms with E-state index in [0.717, 1.165) is 0 Å². The fourth-order valence-corrected chi connectivity index (χ4v) is 1.59. The zero-order valence-corrected chi connectivity index (χ0v) is 11.0. The summed E-state index contributed by atoms with van der Waals surface area (Å²) < 4.78 is 0. The van der Waals surface area contributed by atoms with Crippen LogP contribution in [0.25, 0.3) is 0 Å². The molecule has 0 saturated carbocycles. The highest BCUT2D eigenvalue weighted by Gasteiger charge is 2.28. The van der Waals surface area contributed by atoms with Crippen LogP contribution in [-0.4, -0.2) is 28.9 Å². The molecule has 0 fully saturated rings. The molecule has 0 aromatic carbocycles. The molecule has 6 N–H and O–H groups in total. The molecule has 0 bridgehead atoms. The number of amides is 2. The maximum Gasteiger partial charge on any atom is 0.240 e. The van der Waals surface area contributed by atoms with Crippen molar-refractivity contribution in [2.75, 3.05) is 0 Å². The summed E-state index contributed by atoms with van der Waals surface area (Å²) in [7, 11) is 0. The van der Waals surface area contributed by atoms with Crippen molar-refractivity contribution in [3.05, 3.63) is 0 Å². The summed E-state index contributed by atoms with van der Waals surface area (Å²) in [6.45, 7) is 5.42. The Balaban J connectivity index is 4.83. The number of primary amides is 1. The molecule has 2 unspecified atom stereocenters. The number of carbonyl (C=O) groups excluding carboxylic acids is 2. The summed E-state index contributed by atoms with van der Waals surface area (Å²) in [5.74, 6) is -2.10. The van der Waals surface area contributed by atoms with Crippen molar-refractivity contribution in [2.45, 2.75) is 39.7 Å². The molecule has 18 heavy (non-hydrogen) atoms. The summed E-state index contributed by atoms with van der Waals surface area (Å²) in [6, 6.07) is -0.761. The van der Waals surface area contributed by atoms with Crippen molar-refractivity contribution in [3.8, 4) is 0 Å². The van der Waals surface area contributed by atoms with Crippen LogP contribution in [0.4, 0.5) is 0 Å². The van der Waals surface area contributed by atoms with Gasteiger partial charge in [0, 0.05) is 0 Å². The van der Waals surface area contributed by atoms with Crippen molar-refractivity contribution in [3.63, 3.8) is 0 Å². The maximum absolute atomic E-state index is 12.0. The molecule has 0 heterocycles. The van der Waals surface area contributed by atoms with E-state index in [1.165, 1.54) is 0 Å². The van der Waals surface area contributed by atoms with Gasteiger partial charge < -0.3 is 22.0 Å². The lowest BCUT2D eigenvalue weighted by Crippen LogP contribution is -2.51. The fraction of sp³-hybridized carbons (Fsp3) is 0.727. The Morgan fingerprint density at radius 3 is 2.22 bits per heavy atom. The Kier molecular flexibility index (Phi) is 6.77. The van der Waals surface area contributed by atoms with Gasteiger partial charge in [0.15, 0.2) is 5.84 Å². The molecule has 0 aliphatic carbocycles. The Hall–Kier alpha value is -1.79. The van der Waals surface area contributed by atoms with Crippen LogP contribution in [0.2, 0.25) is 0 Å². The van der Waals surface area contributed by atoms with Crippen molar-refractivity contribution in [1.29, 1.82) is 0 Å². The van der Waals surface area contributed by atoms with E-state index in [1.54, 1.807) is 13.8 Å². The van der Waals surface area contributed by atoms with E-state index < -0.39 is 23.8 Å². The predicted molar refractivity (Wildman–Crippen MR) is 67.8 cm³/mol. The molecule has 0 saturated heterocycles. The zero-order chi connectivity index (χ0) is 14.3. The van der Waals surface area contributed by atoms with Crippen LogP contribution in [0.1, 0.15) is 33.6 Å². The monoisotopic (exact) mass is 258 g/mol. The van der Waals surface area contributed by atoms with Crippen LogP contribution in [0.5, 0.6) is 0 Å². The third-order valence-corrected chi connectivity index (χ3v) is 2.64. The molecule has 0 aromatic heterocycles. The minimum absolute atomic E-state index is 0.124. The largest absolute Gasteiger partial charge is 0.409 e. The number of nitrogens with zero attached hydrogens (tertiary/aromatic N) is 1. The molecule has 2 atom stereocenters. The van der Waals surface area contributed by atoms with Gasteiger partial charge in [-0.15, -0.1) is 0 Å². The molecular formula is C11H22N4O3. The van der Waals surface area contributed by atoms with Gasteiger partial charge in [-0.05, 0) is 12.3 Å². The number of rotatable bonds is 7. The first-order chi connectivity index (χ1) is 8.34. The van der Waals surface area contributed by atoms with E-state index in [1.807, 2.05) is 6.92 Å². The molecule has 7 nitrogen and oxygen atoms in total. The fourth-order valence-electron chi connectivity index (χ4n) is 1.59. The van der Waals surface area contributed by atoms with E-state index in [4.69, 9.17) is 16.7 Å². The number of hydrogen-bond donors (Lipinski definition) is 4. The van der Waals surface area contributed by atoms with Gasteiger partial charge in [-0.1, -0.05) is 32.3 Å². The van der Waals surface area contributed by atoms with Crippen molar-refractivity contribution < 1.29 is 14.8 Å². The minimum Gasteiger partial charge on any atom is -0.409 e. The average Bonchev–Trinajstić information content (AvgIpc) is 2.30. The molecule has 0 radical (unpaired) electrons. The Morgan fingerprint density at radius 2 is 1.89 bits per heavy atom. The highest BCUT2D eigenvalue weighted by atomic mass is 16.4. The van der Waals surface area contributed by atoms with Crippen LogP contribution in [-0.2, 0) is 9.59 Å². The first-order valence-corrected chi connectivity index (χ1v) is 5.92. The molecule has 7 heteroatoms. The van der Waals surface area contributed by atoms with Crippen LogP contribution in [0.15, 0.2) is 5.16 Å². The highest BCUT2D eigenvalue weighted by Crippen LogP contribution is 2.09. The minimum atomic E-state index is -0.761. The molecule has 2 amide bonds. The standard InChI is InChI=1S/C11H22N4O3/c1-4-5-7(9(12)15-18)11(17)14-8(6(2)3)10(13)16/h6-8,18H,4-5H2,1-3H3,(H2,12,15)(H2,13,16)(H,14,17). The molecule has 0 aromatic rings. The number of oxime groups is 1. The van der Waals surface area contributed by atoms with Gasteiger partial charge >= 0.3 is 0 Å². The quantitative estimate of drug-likeness (QED) is 0.217. The van der Waals surface area contributed by atoms with Gasteiger partial charge in [-0.2, -0.15) is 0 Å². The van der Waals surface area contributed by atoms with E-state index >= 15 is 0 Å². The Bertz CT molecular complexity index is 328. The SMILES string of the molecule is CCCC(C(=O)NC(C(N)=O)C(C)C)C(N)=NO. The summed E-state index contributed by atoms with van der Waals surface area (Å²) in [6.07, 6.45) is 1.13. The van der Waals surface area contributed by atoms with Gasteiger partial charge in [0.1, 0.15) is 6.04 Å². The smallest absolute Gasteiger partial charge is 0.240 e. The summed E-state index contributed by atoms with van der Waals surface area (Å²) in [4.78, 5) is 23.2. The lowest BCUT2D eigenvalue weighted by molar-refractivity contribution is -0.129. The molecule has 0 aliphatic heterocycles. The van der Waals surface area contributed by atoms with Gasteiger partial charge in [0.2, 0.25) is 11.8 Å². The number of nitrogens with one attached hydrogen (secondary N) is 1. The first-order valence-electron chi connectivity index (χ1n) is 5.92. The van der Waals surface area contributed by atoms with Gasteiger partial charge in [0.05, 0.1) is 5.92 Å². The van der Waals surface area contributed by atoms with Crippen molar-refractivity contribution in [2.24, 2.45) is 28.5 Å². The topological polar surface area (TPSA) is 131 Å². The predicted octanol–water partition coefficient (Wildman–Crippen LogP) is -0.225. The first kappa shape index (κ1) is 16.2. The molecule has 0 spiro atoms. The Morgan fingerprint density at radius 1 is 1.33 bits per heavy atom. The molecule has 0 aliphatic rings. The van der Waals surface area contributed by atoms with E-state index in [-0.39, 0.29) is 11.8 Å². The molecular weight excluding hydrogens is 236 g/mol. The molecule has 0 rings (SSSR count). The third-order valence-electron chi connectivity index (χ3n) is 2.64. The van der Waals surface area contributed by atoms with Crippen LogP contribution in [0.3, 0.4) is 0 Å². The second kappa shape index (κ2) is 7.52. The zero-order valence-electron chi connectivity index (χ0n) is 11.0. The van der Waals surface area contributed by atoms with E-state index in [0.29, 0.717) is 12.8 Å². The second-order valence-corrected chi connectivity index (χ2v) is 4.50. The van der Waals surface area contributed by atoms with Crippen LogP contribution in [0, 0.1) is 11.8 Å². The van der Waals surface area contributed by atoms with Crippen LogP contribution < -0.4 is 16.8 Å². The number of nitrogens with two attached hydrogens (primary N) is 2. The average molecular weight is 258 g/mol. The number of amidine groups is 1. The van der Waals surface area contributed by atoms with Crippen molar-refractivity contribution in [1.82, 2.24) is 5.32 Å². The molecule has 104 valence electrons. The van der Waals surface area contributed by atoms with E-state index in [2.05, 4.69) is 10.5 Å². The summed E-state index contributed by atoms with van der Waals surface area (Å²) in [5, 5.41) is 14.0. The maximum atomic E-state index is 12.0. The van der Waals surface area contributed by atoms with Gasteiger partial charge in [0.25, 0.3) is 0 Å².